The predicted octanol–water partition coefficient (Wildman–Crippen LogP) is 0.805. The highest BCUT2D eigenvalue weighted by Crippen LogP contribution is 2.45. The molecular formula is C12H23N3O. The summed E-state index contributed by atoms with van der Waals surface area (Å²) in [6, 6.07) is 0. The van der Waals surface area contributed by atoms with Crippen LogP contribution < -0.4 is 5.73 Å². The number of rotatable bonds is 3. The molecule has 0 bridgehead atoms. The van der Waals surface area contributed by atoms with E-state index in [2.05, 4.69) is 16.8 Å². The van der Waals surface area contributed by atoms with Crippen LogP contribution in [0.1, 0.15) is 32.6 Å². The zero-order chi connectivity index (χ0) is 11.6. The van der Waals surface area contributed by atoms with Crippen molar-refractivity contribution in [2.24, 2.45) is 22.1 Å². The van der Waals surface area contributed by atoms with E-state index in [4.69, 9.17) is 5.73 Å². The summed E-state index contributed by atoms with van der Waals surface area (Å²) in [7, 11) is 0. The van der Waals surface area contributed by atoms with Crippen LogP contribution in [0.15, 0.2) is 4.99 Å². The molecule has 0 amide bonds. The summed E-state index contributed by atoms with van der Waals surface area (Å²) in [5, 5.41) is 9.20. The fourth-order valence-corrected chi connectivity index (χ4v) is 2.29. The first-order valence-corrected chi connectivity index (χ1v) is 6.31. The van der Waals surface area contributed by atoms with Crippen molar-refractivity contribution in [3.05, 3.63) is 0 Å². The van der Waals surface area contributed by atoms with Gasteiger partial charge in [0.25, 0.3) is 0 Å². The van der Waals surface area contributed by atoms with Gasteiger partial charge in [-0.2, -0.15) is 0 Å². The lowest BCUT2D eigenvalue weighted by Gasteiger charge is -2.31. The lowest BCUT2D eigenvalue weighted by atomic mass is 10.0. The molecule has 1 unspecified atom stereocenters. The van der Waals surface area contributed by atoms with Gasteiger partial charge < -0.3 is 15.7 Å². The second-order valence-electron chi connectivity index (χ2n) is 5.53. The third-order valence-corrected chi connectivity index (χ3v) is 3.85. The van der Waals surface area contributed by atoms with Crippen LogP contribution in [0.4, 0.5) is 0 Å². The highest BCUT2D eigenvalue weighted by Gasteiger charge is 2.41. The molecule has 92 valence electrons. The number of aliphatic hydroxyl groups is 1. The summed E-state index contributed by atoms with van der Waals surface area (Å²) in [6.45, 7) is 5.27. The molecule has 0 aromatic heterocycles. The molecule has 1 atom stereocenters. The number of piperidine rings is 1. The average Bonchev–Trinajstić information content (AvgIpc) is 3.07. The highest BCUT2D eigenvalue weighted by atomic mass is 16.3. The molecule has 2 fully saturated rings. The standard InChI is InChI=1S/C12H23N3O/c1-10-3-2-6-15(7-10)11(13)14-8-12(9-16)4-5-12/h10,16H,2-9H2,1H3,(H2,13,14). The molecule has 3 N–H and O–H groups in total. The fourth-order valence-electron chi connectivity index (χ4n) is 2.29. The molecule has 1 saturated carbocycles. The maximum absolute atomic E-state index is 9.20. The monoisotopic (exact) mass is 225 g/mol. The van der Waals surface area contributed by atoms with Crippen molar-refractivity contribution < 1.29 is 5.11 Å². The van der Waals surface area contributed by atoms with E-state index in [9.17, 15) is 5.11 Å². The molecule has 0 radical (unpaired) electrons. The fraction of sp³-hybridized carbons (Fsp3) is 0.917. The van der Waals surface area contributed by atoms with E-state index in [-0.39, 0.29) is 12.0 Å². The number of nitrogens with two attached hydrogens (primary N) is 1. The molecule has 0 aromatic rings. The Morgan fingerprint density at radius 2 is 2.31 bits per heavy atom. The molecule has 2 aliphatic rings. The first kappa shape index (κ1) is 11.7. The van der Waals surface area contributed by atoms with Crippen molar-refractivity contribution in [3.8, 4) is 0 Å². The van der Waals surface area contributed by atoms with Crippen molar-refractivity contribution >= 4 is 5.96 Å². The van der Waals surface area contributed by atoms with Crippen molar-refractivity contribution in [1.29, 1.82) is 0 Å². The van der Waals surface area contributed by atoms with E-state index in [0.29, 0.717) is 12.5 Å². The number of hydrogen-bond acceptors (Lipinski definition) is 2. The number of guanidine groups is 1. The summed E-state index contributed by atoms with van der Waals surface area (Å²) in [5.41, 5.74) is 6.07. The SMILES string of the molecule is CC1CCCN(C(N)=NCC2(CO)CC2)C1. The van der Waals surface area contributed by atoms with Crippen molar-refractivity contribution in [3.63, 3.8) is 0 Å². The molecule has 0 spiro atoms. The third kappa shape index (κ3) is 2.67. The van der Waals surface area contributed by atoms with Crippen molar-refractivity contribution in [2.45, 2.75) is 32.6 Å². The minimum Gasteiger partial charge on any atom is -0.396 e. The van der Waals surface area contributed by atoms with Gasteiger partial charge in [0, 0.05) is 18.5 Å². The molecule has 4 nitrogen and oxygen atoms in total. The smallest absolute Gasteiger partial charge is 0.191 e. The maximum atomic E-state index is 9.20. The van der Waals surface area contributed by atoms with Crippen molar-refractivity contribution in [1.82, 2.24) is 4.90 Å². The minimum absolute atomic E-state index is 0.0754. The summed E-state index contributed by atoms with van der Waals surface area (Å²) in [6.07, 6.45) is 4.69. The molecule has 16 heavy (non-hydrogen) atoms. The van der Waals surface area contributed by atoms with E-state index in [1.54, 1.807) is 0 Å². The van der Waals surface area contributed by atoms with Crippen LogP contribution in [-0.2, 0) is 0 Å². The second-order valence-corrected chi connectivity index (χ2v) is 5.53. The normalized spacial score (nSPS) is 29.2. The molecule has 1 aliphatic heterocycles. The van der Waals surface area contributed by atoms with E-state index in [1.807, 2.05) is 0 Å². The van der Waals surface area contributed by atoms with Gasteiger partial charge in [0.15, 0.2) is 5.96 Å². The summed E-state index contributed by atoms with van der Waals surface area (Å²) in [4.78, 5) is 6.63. The average molecular weight is 225 g/mol. The topological polar surface area (TPSA) is 61.8 Å². The Morgan fingerprint density at radius 3 is 2.88 bits per heavy atom. The quantitative estimate of drug-likeness (QED) is 0.552. The molecule has 4 heteroatoms. The van der Waals surface area contributed by atoms with Gasteiger partial charge in [-0.3, -0.25) is 4.99 Å². The first-order chi connectivity index (χ1) is 7.65. The number of aliphatic hydroxyl groups excluding tert-OH is 1. The molecular weight excluding hydrogens is 202 g/mol. The first-order valence-electron chi connectivity index (χ1n) is 6.31. The molecule has 1 aliphatic carbocycles. The van der Waals surface area contributed by atoms with E-state index in [0.717, 1.165) is 31.8 Å². The second kappa shape index (κ2) is 4.62. The van der Waals surface area contributed by atoms with Crippen molar-refractivity contribution in [2.75, 3.05) is 26.2 Å². The minimum atomic E-state index is 0.0754. The van der Waals surface area contributed by atoms with Gasteiger partial charge in [0.2, 0.25) is 0 Å². The van der Waals surface area contributed by atoms with Gasteiger partial charge in [0.05, 0.1) is 13.2 Å². The number of aliphatic imine (C=N–C) groups is 1. The molecule has 1 heterocycles. The van der Waals surface area contributed by atoms with Crippen LogP contribution in [0, 0.1) is 11.3 Å². The lowest BCUT2D eigenvalue weighted by Crippen LogP contribution is -2.43. The maximum Gasteiger partial charge on any atom is 0.191 e. The number of likely N-dealkylation sites (tertiary alicyclic amines) is 1. The summed E-state index contributed by atoms with van der Waals surface area (Å²) in [5.74, 6) is 1.39. The lowest BCUT2D eigenvalue weighted by molar-refractivity contribution is 0.215. The Bertz CT molecular complexity index is 273. The highest BCUT2D eigenvalue weighted by molar-refractivity contribution is 5.78. The molecule has 0 aromatic carbocycles. The van der Waals surface area contributed by atoms with Crippen LogP contribution in [0.5, 0.6) is 0 Å². The molecule has 2 rings (SSSR count). The van der Waals surface area contributed by atoms with Crippen LogP contribution in [0.2, 0.25) is 0 Å². The van der Waals surface area contributed by atoms with Crippen LogP contribution in [0.25, 0.3) is 0 Å². The van der Waals surface area contributed by atoms with E-state index in [1.165, 1.54) is 12.8 Å². The van der Waals surface area contributed by atoms with E-state index < -0.39 is 0 Å². The zero-order valence-electron chi connectivity index (χ0n) is 10.2. The van der Waals surface area contributed by atoms with Gasteiger partial charge in [-0.15, -0.1) is 0 Å². The van der Waals surface area contributed by atoms with E-state index >= 15 is 0 Å². The summed E-state index contributed by atoms with van der Waals surface area (Å²) < 4.78 is 0. The van der Waals surface area contributed by atoms with Gasteiger partial charge in [-0.25, -0.2) is 0 Å². The van der Waals surface area contributed by atoms with Crippen LogP contribution >= 0.6 is 0 Å². The Hall–Kier alpha value is -0.770. The van der Waals surface area contributed by atoms with Crippen LogP contribution in [0.3, 0.4) is 0 Å². The Kier molecular flexibility index (Phi) is 3.38. The third-order valence-electron chi connectivity index (χ3n) is 3.85. The Morgan fingerprint density at radius 1 is 1.56 bits per heavy atom. The zero-order valence-corrected chi connectivity index (χ0v) is 10.2. The number of nitrogens with zero attached hydrogens (tertiary/aromatic N) is 2. The Balaban J connectivity index is 1.86. The molecule has 1 saturated heterocycles. The van der Waals surface area contributed by atoms with Gasteiger partial charge >= 0.3 is 0 Å². The van der Waals surface area contributed by atoms with Gasteiger partial charge in [-0.05, 0) is 31.6 Å². The van der Waals surface area contributed by atoms with Crippen LogP contribution in [-0.4, -0.2) is 42.2 Å². The number of hydrogen-bond donors (Lipinski definition) is 2. The van der Waals surface area contributed by atoms with Gasteiger partial charge in [0.1, 0.15) is 0 Å². The largest absolute Gasteiger partial charge is 0.396 e. The predicted molar refractivity (Wildman–Crippen MR) is 65.2 cm³/mol. The summed E-state index contributed by atoms with van der Waals surface area (Å²) >= 11 is 0. The Labute approximate surface area is 97.5 Å². The van der Waals surface area contributed by atoms with Gasteiger partial charge in [-0.1, -0.05) is 6.92 Å².